The maximum Gasteiger partial charge on any atom is 0.247 e. The molecule has 1 saturated heterocycles. The average molecular weight is 277 g/mol. The number of hydrogen-bond donors (Lipinski definition) is 2. The molecule has 2 heterocycles. The molecule has 0 spiro atoms. The second-order valence-electron chi connectivity index (χ2n) is 3.70. The highest BCUT2D eigenvalue weighted by Crippen LogP contribution is 2.25. The molecule has 9 heteroatoms. The molecule has 1 aromatic rings. The zero-order chi connectivity index (χ0) is 12.5. The highest BCUT2D eigenvalue weighted by atomic mass is 32.2. The largest absolute Gasteiger partial charge is 0.368 e. The molecule has 0 bridgehead atoms. The minimum Gasteiger partial charge on any atom is -0.368 e. The summed E-state index contributed by atoms with van der Waals surface area (Å²) in [6, 6.07) is 0. The fourth-order valence-corrected chi connectivity index (χ4v) is 4.66. The molecule has 0 aliphatic carbocycles. The first-order valence-corrected chi connectivity index (χ1v) is 8.15. The van der Waals surface area contributed by atoms with Gasteiger partial charge in [-0.2, -0.15) is 16.7 Å². The molecular weight excluding hydrogens is 262 g/mol. The van der Waals surface area contributed by atoms with Gasteiger partial charge in [0, 0.05) is 23.8 Å². The summed E-state index contributed by atoms with van der Waals surface area (Å²) in [5, 5.41) is 5.90. The summed E-state index contributed by atoms with van der Waals surface area (Å²) in [4.78, 5) is 5.71. The molecule has 0 saturated carbocycles. The maximum atomic E-state index is 12.0. The van der Waals surface area contributed by atoms with E-state index in [2.05, 4.69) is 15.2 Å². The summed E-state index contributed by atoms with van der Waals surface area (Å²) in [6.07, 6.45) is 0. The van der Waals surface area contributed by atoms with Gasteiger partial charge >= 0.3 is 0 Å². The number of aromatic amines is 1. The SMILES string of the molecule is CCS(=O)(=O)C1CSCCN1c1n[nH]c(N)n1. The van der Waals surface area contributed by atoms with E-state index in [1.807, 2.05) is 0 Å². The van der Waals surface area contributed by atoms with Crippen LogP contribution in [0.25, 0.3) is 0 Å². The second kappa shape index (κ2) is 4.73. The summed E-state index contributed by atoms with van der Waals surface area (Å²) < 4.78 is 24.0. The number of nitrogens with zero attached hydrogens (tertiary/aromatic N) is 3. The topological polar surface area (TPSA) is 105 Å². The predicted molar refractivity (Wildman–Crippen MR) is 68.7 cm³/mol. The van der Waals surface area contributed by atoms with Gasteiger partial charge in [0.15, 0.2) is 9.84 Å². The molecular formula is C8H15N5O2S2. The van der Waals surface area contributed by atoms with Gasteiger partial charge in [-0.3, -0.25) is 0 Å². The first kappa shape index (κ1) is 12.5. The van der Waals surface area contributed by atoms with E-state index in [4.69, 9.17) is 5.73 Å². The zero-order valence-corrected chi connectivity index (χ0v) is 11.1. The van der Waals surface area contributed by atoms with Crippen molar-refractivity contribution in [1.29, 1.82) is 0 Å². The number of H-pyrrole nitrogens is 1. The Morgan fingerprint density at radius 2 is 2.41 bits per heavy atom. The van der Waals surface area contributed by atoms with Crippen LogP contribution in [0.15, 0.2) is 0 Å². The third kappa shape index (κ3) is 2.49. The van der Waals surface area contributed by atoms with Crippen LogP contribution in [0, 0.1) is 0 Å². The minimum absolute atomic E-state index is 0.120. The van der Waals surface area contributed by atoms with Gasteiger partial charge in [0.25, 0.3) is 0 Å². The van der Waals surface area contributed by atoms with Crippen molar-refractivity contribution in [3.8, 4) is 0 Å². The Morgan fingerprint density at radius 1 is 1.65 bits per heavy atom. The Labute approximate surface area is 104 Å². The maximum absolute atomic E-state index is 12.0. The van der Waals surface area contributed by atoms with Gasteiger partial charge in [0.1, 0.15) is 5.37 Å². The lowest BCUT2D eigenvalue weighted by atomic mass is 10.5. The first-order chi connectivity index (χ1) is 8.04. The molecule has 0 radical (unpaired) electrons. The van der Waals surface area contributed by atoms with Crippen LogP contribution in [-0.4, -0.2) is 52.8 Å². The number of rotatable bonds is 3. The van der Waals surface area contributed by atoms with Crippen LogP contribution in [0.3, 0.4) is 0 Å². The van der Waals surface area contributed by atoms with E-state index in [0.717, 1.165) is 5.75 Å². The summed E-state index contributed by atoms with van der Waals surface area (Å²) in [7, 11) is -3.14. The number of nitrogen functional groups attached to an aromatic ring is 1. The van der Waals surface area contributed by atoms with Crippen molar-refractivity contribution < 1.29 is 8.42 Å². The lowest BCUT2D eigenvalue weighted by molar-refractivity contribution is 0.578. The Balaban J connectivity index is 2.30. The van der Waals surface area contributed by atoms with Gasteiger partial charge in [0.05, 0.1) is 0 Å². The lowest BCUT2D eigenvalue weighted by Crippen LogP contribution is -2.48. The summed E-state index contributed by atoms with van der Waals surface area (Å²) in [5.74, 6) is 2.10. The highest BCUT2D eigenvalue weighted by Gasteiger charge is 2.34. The van der Waals surface area contributed by atoms with Crippen molar-refractivity contribution >= 4 is 33.5 Å². The van der Waals surface area contributed by atoms with E-state index >= 15 is 0 Å². The van der Waals surface area contributed by atoms with E-state index < -0.39 is 15.2 Å². The fraction of sp³-hybridized carbons (Fsp3) is 0.750. The molecule has 1 unspecified atom stereocenters. The van der Waals surface area contributed by atoms with Crippen LogP contribution in [-0.2, 0) is 9.84 Å². The number of hydrogen-bond acceptors (Lipinski definition) is 7. The highest BCUT2D eigenvalue weighted by molar-refractivity contribution is 8.01. The summed E-state index contributed by atoms with van der Waals surface area (Å²) in [5.41, 5.74) is 5.46. The Morgan fingerprint density at radius 3 is 3.00 bits per heavy atom. The summed E-state index contributed by atoms with van der Waals surface area (Å²) in [6.45, 7) is 2.27. The number of thioether (sulfide) groups is 1. The van der Waals surface area contributed by atoms with Crippen molar-refractivity contribution in [3.05, 3.63) is 0 Å². The number of nitrogens with two attached hydrogens (primary N) is 1. The smallest absolute Gasteiger partial charge is 0.247 e. The molecule has 96 valence electrons. The Kier molecular flexibility index (Phi) is 3.48. The number of aromatic nitrogens is 3. The summed E-state index contributed by atoms with van der Waals surface area (Å²) >= 11 is 1.63. The van der Waals surface area contributed by atoms with Crippen molar-refractivity contribution in [1.82, 2.24) is 15.2 Å². The number of nitrogens with one attached hydrogen (secondary N) is 1. The van der Waals surface area contributed by atoms with Gasteiger partial charge < -0.3 is 10.6 Å². The van der Waals surface area contributed by atoms with Crippen LogP contribution in [0.1, 0.15) is 6.92 Å². The van der Waals surface area contributed by atoms with E-state index in [1.54, 1.807) is 23.6 Å². The quantitative estimate of drug-likeness (QED) is 0.781. The molecule has 1 fully saturated rings. The molecule has 1 aliphatic heterocycles. The standard InChI is InChI=1S/C8H15N5O2S2/c1-2-17(14,15)6-5-16-4-3-13(6)8-10-7(9)11-12-8/h6H,2-5H2,1H3,(H3,9,10,11,12). The molecule has 1 aliphatic rings. The van der Waals surface area contributed by atoms with E-state index in [0.29, 0.717) is 18.2 Å². The lowest BCUT2D eigenvalue weighted by Gasteiger charge is -2.33. The van der Waals surface area contributed by atoms with E-state index in [1.165, 1.54) is 0 Å². The predicted octanol–water partition coefficient (Wildman–Crippen LogP) is -0.299. The van der Waals surface area contributed by atoms with Crippen molar-refractivity contribution in [2.75, 3.05) is 34.4 Å². The average Bonchev–Trinajstić information content (AvgIpc) is 2.76. The van der Waals surface area contributed by atoms with Gasteiger partial charge in [-0.25, -0.2) is 13.5 Å². The molecule has 17 heavy (non-hydrogen) atoms. The first-order valence-electron chi connectivity index (χ1n) is 5.28. The van der Waals surface area contributed by atoms with Gasteiger partial charge in [-0.1, -0.05) is 6.92 Å². The zero-order valence-electron chi connectivity index (χ0n) is 9.46. The molecule has 7 nitrogen and oxygen atoms in total. The van der Waals surface area contributed by atoms with Crippen LogP contribution in [0.5, 0.6) is 0 Å². The van der Waals surface area contributed by atoms with Crippen LogP contribution in [0.4, 0.5) is 11.9 Å². The number of anilines is 2. The van der Waals surface area contributed by atoms with Crippen LogP contribution >= 0.6 is 11.8 Å². The third-order valence-corrected chi connectivity index (χ3v) is 5.94. The van der Waals surface area contributed by atoms with Crippen molar-refractivity contribution in [2.24, 2.45) is 0 Å². The molecule has 1 atom stereocenters. The molecule has 0 amide bonds. The van der Waals surface area contributed by atoms with Gasteiger partial charge in [0.2, 0.25) is 11.9 Å². The van der Waals surface area contributed by atoms with E-state index in [9.17, 15) is 8.42 Å². The number of sulfone groups is 1. The van der Waals surface area contributed by atoms with Gasteiger partial charge in [-0.05, 0) is 0 Å². The van der Waals surface area contributed by atoms with Crippen molar-refractivity contribution in [3.63, 3.8) is 0 Å². The second-order valence-corrected chi connectivity index (χ2v) is 7.29. The molecule has 1 aromatic heterocycles. The van der Waals surface area contributed by atoms with Crippen LogP contribution < -0.4 is 10.6 Å². The minimum atomic E-state index is -3.14. The van der Waals surface area contributed by atoms with Gasteiger partial charge in [-0.15, -0.1) is 5.10 Å². The van der Waals surface area contributed by atoms with Crippen molar-refractivity contribution in [2.45, 2.75) is 12.3 Å². The molecule has 0 aromatic carbocycles. The van der Waals surface area contributed by atoms with Crippen LogP contribution in [0.2, 0.25) is 0 Å². The van der Waals surface area contributed by atoms with E-state index in [-0.39, 0.29) is 11.7 Å². The third-order valence-electron chi connectivity index (χ3n) is 2.65. The Bertz CT molecular complexity index is 486. The molecule has 2 rings (SSSR count). The normalized spacial score (nSPS) is 21.7. The Hall–Kier alpha value is -0.960. The fourth-order valence-electron chi connectivity index (χ4n) is 1.69. The monoisotopic (exact) mass is 277 g/mol. The molecule has 3 N–H and O–H groups in total.